The maximum atomic E-state index is 12.0. The smallest absolute Gasteiger partial charge is 0.343 e. The van der Waals surface area contributed by atoms with Crippen molar-refractivity contribution in [2.24, 2.45) is 0 Å². The van der Waals surface area contributed by atoms with Gasteiger partial charge in [-0.05, 0) is 72.8 Å². The van der Waals surface area contributed by atoms with Crippen molar-refractivity contribution in [2.45, 2.75) is 0 Å². The number of phenolic OH excluding ortho intramolecular Hbond substituents is 2. The van der Waals surface area contributed by atoms with Gasteiger partial charge in [0.1, 0.15) is 23.0 Å². The Labute approximate surface area is 197 Å². The van der Waals surface area contributed by atoms with Crippen LogP contribution in [0, 0.1) is 0 Å². The van der Waals surface area contributed by atoms with E-state index in [1.807, 2.05) is 12.1 Å². The van der Waals surface area contributed by atoms with E-state index < -0.39 is 11.9 Å². The lowest BCUT2D eigenvalue weighted by Crippen LogP contribution is -2.11. The molecule has 0 atom stereocenters. The SMILES string of the molecule is Cl.O=C(Oc1ccccc1)c1ccc(C(=O)Oc2ccccc2)cc1.Oc1ccc(O)cc1. The Hall–Kier alpha value is -4.29. The number of rotatable bonds is 4. The number of phenols is 2. The highest BCUT2D eigenvalue weighted by atomic mass is 35.5. The third-order valence-corrected chi connectivity index (χ3v) is 4.11. The minimum atomic E-state index is -0.482. The van der Waals surface area contributed by atoms with E-state index in [2.05, 4.69) is 0 Å². The van der Waals surface area contributed by atoms with Gasteiger partial charge >= 0.3 is 11.9 Å². The van der Waals surface area contributed by atoms with E-state index in [9.17, 15) is 9.59 Å². The van der Waals surface area contributed by atoms with Crippen LogP contribution in [-0.2, 0) is 0 Å². The zero-order valence-electron chi connectivity index (χ0n) is 17.3. The molecule has 0 radical (unpaired) electrons. The first-order valence-corrected chi connectivity index (χ1v) is 9.64. The molecule has 7 heteroatoms. The highest BCUT2D eigenvalue weighted by Crippen LogP contribution is 2.15. The second kappa shape index (κ2) is 12.5. The number of ether oxygens (including phenoxy) is 2. The normalized spacial score (nSPS) is 9.45. The average molecular weight is 465 g/mol. The van der Waals surface area contributed by atoms with E-state index in [1.54, 1.807) is 48.5 Å². The van der Waals surface area contributed by atoms with Gasteiger partial charge in [-0.3, -0.25) is 0 Å². The molecular formula is C26H21ClO6. The fourth-order valence-electron chi connectivity index (χ4n) is 2.50. The molecule has 4 rings (SSSR count). The highest BCUT2D eigenvalue weighted by molar-refractivity contribution is 5.94. The first kappa shape index (κ1) is 25.0. The van der Waals surface area contributed by atoms with E-state index >= 15 is 0 Å². The predicted octanol–water partition coefficient (Wildman–Crippen LogP) is 5.64. The lowest BCUT2D eigenvalue weighted by molar-refractivity contribution is 0.0720. The van der Waals surface area contributed by atoms with Crippen LogP contribution in [0.3, 0.4) is 0 Å². The van der Waals surface area contributed by atoms with Crippen LogP contribution in [-0.4, -0.2) is 22.2 Å². The fraction of sp³-hybridized carbons (Fsp3) is 0. The Morgan fingerprint density at radius 3 is 1.09 bits per heavy atom. The molecule has 0 saturated carbocycles. The van der Waals surface area contributed by atoms with Crippen molar-refractivity contribution in [2.75, 3.05) is 0 Å². The number of benzene rings is 4. The first-order valence-electron chi connectivity index (χ1n) is 9.64. The molecule has 6 nitrogen and oxygen atoms in total. The highest BCUT2D eigenvalue weighted by Gasteiger charge is 2.12. The molecule has 0 fully saturated rings. The van der Waals surface area contributed by atoms with Crippen LogP contribution in [0.4, 0.5) is 0 Å². The molecule has 0 aliphatic carbocycles. The van der Waals surface area contributed by atoms with Crippen molar-refractivity contribution in [3.63, 3.8) is 0 Å². The van der Waals surface area contributed by atoms with Gasteiger partial charge in [0.05, 0.1) is 11.1 Å². The molecule has 0 aromatic heterocycles. The predicted molar refractivity (Wildman–Crippen MR) is 126 cm³/mol. The summed E-state index contributed by atoms with van der Waals surface area (Å²) in [7, 11) is 0. The summed E-state index contributed by atoms with van der Waals surface area (Å²) >= 11 is 0. The molecule has 33 heavy (non-hydrogen) atoms. The lowest BCUT2D eigenvalue weighted by atomic mass is 10.1. The van der Waals surface area contributed by atoms with Crippen molar-refractivity contribution in [1.29, 1.82) is 0 Å². The summed E-state index contributed by atoms with van der Waals surface area (Å²) in [5, 5.41) is 17.3. The molecule has 0 aliphatic heterocycles. The van der Waals surface area contributed by atoms with E-state index in [4.69, 9.17) is 19.7 Å². The van der Waals surface area contributed by atoms with Crippen molar-refractivity contribution in [3.05, 3.63) is 120 Å². The van der Waals surface area contributed by atoms with Gasteiger partial charge in [-0.15, -0.1) is 12.4 Å². The molecule has 4 aromatic rings. The zero-order chi connectivity index (χ0) is 22.8. The Kier molecular flexibility index (Phi) is 9.49. The van der Waals surface area contributed by atoms with Crippen molar-refractivity contribution in [3.8, 4) is 23.0 Å². The molecule has 168 valence electrons. The number of esters is 2. The Morgan fingerprint density at radius 2 is 0.788 bits per heavy atom. The van der Waals surface area contributed by atoms with Gasteiger partial charge in [-0.1, -0.05) is 36.4 Å². The van der Waals surface area contributed by atoms with Gasteiger partial charge < -0.3 is 19.7 Å². The summed E-state index contributed by atoms with van der Waals surface area (Å²) < 4.78 is 10.5. The maximum Gasteiger partial charge on any atom is 0.343 e. The summed E-state index contributed by atoms with van der Waals surface area (Å²) in [6.07, 6.45) is 0. The largest absolute Gasteiger partial charge is 0.508 e. The molecule has 0 saturated heterocycles. The van der Waals surface area contributed by atoms with E-state index in [-0.39, 0.29) is 23.9 Å². The van der Waals surface area contributed by atoms with E-state index in [0.29, 0.717) is 22.6 Å². The Bertz CT molecular complexity index is 1050. The van der Waals surface area contributed by atoms with Crippen LogP contribution >= 0.6 is 12.4 Å². The molecule has 0 spiro atoms. The van der Waals surface area contributed by atoms with Gasteiger partial charge in [0.15, 0.2) is 0 Å². The van der Waals surface area contributed by atoms with Crippen LogP contribution in [0.2, 0.25) is 0 Å². The van der Waals surface area contributed by atoms with Crippen molar-refractivity contribution in [1.82, 2.24) is 0 Å². The molecule has 0 heterocycles. The van der Waals surface area contributed by atoms with Crippen LogP contribution in [0.1, 0.15) is 20.7 Å². The molecule has 0 unspecified atom stereocenters. The lowest BCUT2D eigenvalue weighted by Gasteiger charge is -2.06. The van der Waals surface area contributed by atoms with Gasteiger partial charge in [0.2, 0.25) is 0 Å². The van der Waals surface area contributed by atoms with Gasteiger partial charge in [-0.25, -0.2) is 9.59 Å². The first-order chi connectivity index (χ1) is 15.5. The van der Waals surface area contributed by atoms with Crippen molar-refractivity contribution >= 4 is 24.3 Å². The number of para-hydroxylation sites is 2. The summed E-state index contributed by atoms with van der Waals surface area (Å²) in [5.74, 6) is 0.309. The Balaban J connectivity index is 0.000000364. The van der Waals surface area contributed by atoms with Crippen LogP contribution in [0.5, 0.6) is 23.0 Å². The van der Waals surface area contributed by atoms with Crippen LogP contribution in [0.25, 0.3) is 0 Å². The summed E-state index contributed by atoms with van der Waals surface area (Å²) in [6.45, 7) is 0. The average Bonchev–Trinajstić information content (AvgIpc) is 2.83. The van der Waals surface area contributed by atoms with Crippen molar-refractivity contribution < 1.29 is 29.3 Å². The third kappa shape index (κ3) is 8.05. The summed E-state index contributed by atoms with van der Waals surface area (Å²) in [4.78, 5) is 24.1. The number of hydrogen-bond acceptors (Lipinski definition) is 6. The number of carbonyl (C=O) groups excluding carboxylic acids is 2. The number of aromatic hydroxyl groups is 2. The second-order valence-electron chi connectivity index (χ2n) is 6.50. The number of hydrogen-bond donors (Lipinski definition) is 2. The summed E-state index contributed by atoms with van der Waals surface area (Å²) in [6, 6.07) is 29.4. The number of halogens is 1. The van der Waals surface area contributed by atoms with Crippen LogP contribution < -0.4 is 9.47 Å². The fourth-order valence-corrected chi connectivity index (χ4v) is 2.50. The van der Waals surface area contributed by atoms with E-state index in [0.717, 1.165) is 0 Å². The quantitative estimate of drug-likeness (QED) is 0.230. The van der Waals surface area contributed by atoms with Crippen LogP contribution in [0.15, 0.2) is 109 Å². The zero-order valence-corrected chi connectivity index (χ0v) is 18.1. The molecular weight excluding hydrogens is 444 g/mol. The molecule has 4 aromatic carbocycles. The third-order valence-electron chi connectivity index (χ3n) is 4.11. The summed E-state index contributed by atoms with van der Waals surface area (Å²) in [5.41, 5.74) is 0.713. The monoisotopic (exact) mass is 464 g/mol. The molecule has 2 N–H and O–H groups in total. The second-order valence-corrected chi connectivity index (χ2v) is 6.50. The Morgan fingerprint density at radius 1 is 0.485 bits per heavy atom. The number of carbonyl (C=O) groups is 2. The standard InChI is InChI=1S/C20H14O4.C6H6O2.ClH/c21-19(23-17-7-3-1-4-8-17)15-11-13-16(14-12-15)20(22)24-18-9-5-2-6-10-18;7-5-1-2-6(8)4-3-5;/h1-14H;1-4,7-8H;1H. The molecule has 0 amide bonds. The van der Waals surface area contributed by atoms with E-state index in [1.165, 1.54) is 48.5 Å². The van der Waals surface area contributed by atoms with Gasteiger partial charge in [0, 0.05) is 0 Å². The minimum Gasteiger partial charge on any atom is -0.508 e. The molecule has 0 aliphatic rings. The van der Waals surface area contributed by atoms with Gasteiger partial charge in [-0.2, -0.15) is 0 Å². The minimum absolute atomic E-state index is 0. The molecule has 0 bridgehead atoms. The van der Waals surface area contributed by atoms with Gasteiger partial charge in [0.25, 0.3) is 0 Å². The maximum absolute atomic E-state index is 12.0. The topological polar surface area (TPSA) is 93.1 Å².